The third-order valence-electron chi connectivity index (χ3n) is 9.38. The molecule has 2 aliphatic heterocycles. The number of likely N-dealkylation sites (tertiary alicyclic amines) is 2. The molecule has 3 aliphatic rings. The molecule has 0 bridgehead atoms. The number of benzene rings is 1. The summed E-state index contributed by atoms with van der Waals surface area (Å²) in [4.78, 5) is 18.3. The molecule has 37 heavy (non-hydrogen) atoms. The van der Waals surface area contributed by atoms with Crippen LogP contribution in [0.4, 0.5) is 0 Å². The minimum atomic E-state index is -3.67. The van der Waals surface area contributed by atoms with Crippen molar-refractivity contribution in [2.45, 2.75) is 82.6 Å². The van der Waals surface area contributed by atoms with Gasteiger partial charge in [0.2, 0.25) is 10.0 Å². The van der Waals surface area contributed by atoms with Crippen molar-refractivity contribution < 1.29 is 17.9 Å². The lowest BCUT2D eigenvalue weighted by Crippen LogP contribution is -2.47. The summed E-state index contributed by atoms with van der Waals surface area (Å²) in [6, 6.07) is 4.16. The topological polar surface area (TPSA) is 70.2 Å². The Hall–Kier alpha value is -1.48. The van der Waals surface area contributed by atoms with Gasteiger partial charge in [0, 0.05) is 39.0 Å². The zero-order chi connectivity index (χ0) is 26.8. The first-order chi connectivity index (χ1) is 17.5. The number of carbonyl (C=O) groups excluding carboxylic acids is 1. The molecule has 0 atom stereocenters. The highest BCUT2D eigenvalue weighted by molar-refractivity contribution is 7.89. The first-order valence-electron chi connectivity index (χ1n) is 14.1. The van der Waals surface area contributed by atoms with E-state index in [1.807, 2.05) is 0 Å². The molecule has 0 radical (unpaired) electrons. The van der Waals surface area contributed by atoms with Crippen molar-refractivity contribution in [3.8, 4) is 5.75 Å². The number of Topliss-reactive ketones (excluding diaryl/α,β-unsaturated/α-hetero) is 1. The Morgan fingerprint density at radius 3 is 2.19 bits per heavy atom. The van der Waals surface area contributed by atoms with Crippen molar-refractivity contribution in [2.75, 3.05) is 53.9 Å². The second kappa shape index (κ2) is 11.7. The van der Waals surface area contributed by atoms with Gasteiger partial charge in [-0.15, -0.1) is 0 Å². The van der Waals surface area contributed by atoms with Gasteiger partial charge in [0.15, 0.2) is 0 Å². The number of hydrogen-bond donors (Lipinski definition) is 0. The van der Waals surface area contributed by atoms with E-state index in [0.717, 1.165) is 12.8 Å². The van der Waals surface area contributed by atoms with E-state index < -0.39 is 10.0 Å². The summed E-state index contributed by atoms with van der Waals surface area (Å²) in [6.45, 7) is 8.77. The van der Waals surface area contributed by atoms with Crippen LogP contribution in [0, 0.1) is 25.2 Å². The highest BCUT2D eigenvalue weighted by atomic mass is 32.2. The average molecular weight is 534 g/mol. The SMILES string of the molecule is COc1cc(C)c(S(=O)(=O)N(C)CCC(=O)CC2CCC(N3CCC4(CCN(C)C4)CC3)CC2)c(C)c1. The normalized spacial score (nSPS) is 25.1. The lowest BCUT2D eigenvalue weighted by atomic mass is 9.76. The summed E-state index contributed by atoms with van der Waals surface area (Å²) in [5.41, 5.74) is 1.89. The van der Waals surface area contributed by atoms with E-state index in [1.165, 1.54) is 62.6 Å². The average Bonchev–Trinajstić information content (AvgIpc) is 3.22. The number of ether oxygens (including phenoxy) is 1. The molecule has 3 fully saturated rings. The van der Waals surface area contributed by atoms with Crippen molar-refractivity contribution in [1.29, 1.82) is 0 Å². The van der Waals surface area contributed by atoms with Crippen LogP contribution < -0.4 is 4.74 Å². The molecule has 0 unspecified atom stereocenters. The number of nitrogens with zero attached hydrogens (tertiary/aromatic N) is 3. The van der Waals surface area contributed by atoms with Gasteiger partial charge >= 0.3 is 0 Å². The van der Waals surface area contributed by atoms with Crippen LogP contribution >= 0.6 is 0 Å². The molecular formula is C29H47N3O4S. The van der Waals surface area contributed by atoms with Crippen molar-refractivity contribution in [1.82, 2.24) is 14.1 Å². The number of aryl methyl sites for hydroxylation is 2. The molecule has 1 saturated carbocycles. The number of ketones is 1. The van der Waals surface area contributed by atoms with Gasteiger partial charge in [0.05, 0.1) is 12.0 Å². The molecular weight excluding hydrogens is 486 g/mol. The highest BCUT2D eigenvalue weighted by Gasteiger charge is 2.41. The zero-order valence-corrected chi connectivity index (χ0v) is 24.4. The highest BCUT2D eigenvalue weighted by Crippen LogP contribution is 2.41. The predicted molar refractivity (Wildman–Crippen MR) is 148 cm³/mol. The van der Waals surface area contributed by atoms with E-state index in [1.54, 1.807) is 40.1 Å². The van der Waals surface area contributed by atoms with Crippen LogP contribution in [0.3, 0.4) is 0 Å². The largest absolute Gasteiger partial charge is 0.497 e. The van der Waals surface area contributed by atoms with E-state index in [4.69, 9.17) is 4.74 Å². The van der Waals surface area contributed by atoms with Gasteiger partial charge in [0.1, 0.15) is 11.5 Å². The van der Waals surface area contributed by atoms with Crippen LogP contribution in [0.2, 0.25) is 0 Å². The molecule has 1 aliphatic carbocycles. The second-order valence-corrected chi connectivity index (χ2v) is 14.1. The third-order valence-corrected chi connectivity index (χ3v) is 11.5. The molecule has 208 valence electrons. The van der Waals surface area contributed by atoms with Gasteiger partial charge in [-0.3, -0.25) is 4.79 Å². The summed E-state index contributed by atoms with van der Waals surface area (Å²) < 4.78 is 33.0. The van der Waals surface area contributed by atoms with Crippen LogP contribution in [-0.2, 0) is 14.8 Å². The lowest BCUT2D eigenvalue weighted by molar-refractivity contribution is -0.120. The van der Waals surface area contributed by atoms with Crippen LogP contribution in [0.15, 0.2) is 17.0 Å². The second-order valence-electron chi connectivity index (χ2n) is 12.1. The maximum Gasteiger partial charge on any atom is 0.243 e. The van der Waals surface area contributed by atoms with Gasteiger partial charge in [0.25, 0.3) is 0 Å². The maximum absolute atomic E-state index is 13.2. The first-order valence-corrected chi connectivity index (χ1v) is 15.5. The van der Waals surface area contributed by atoms with E-state index in [9.17, 15) is 13.2 Å². The Balaban J connectivity index is 1.21. The Morgan fingerprint density at radius 2 is 1.65 bits per heavy atom. The minimum Gasteiger partial charge on any atom is -0.497 e. The van der Waals surface area contributed by atoms with Gasteiger partial charge in [-0.05, 0) is 120 Å². The summed E-state index contributed by atoms with van der Waals surface area (Å²) >= 11 is 0. The third kappa shape index (κ3) is 6.57. The molecule has 2 saturated heterocycles. The lowest BCUT2D eigenvalue weighted by Gasteiger charge is -2.44. The van der Waals surface area contributed by atoms with Crippen LogP contribution in [0.5, 0.6) is 5.75 Å². The number of methoxy groups -OCH3 is 1. The fourth-order valence-electron chi connectivity index (χ4n) is 7.06. The Bertz CT molecular complexity index is 1030. The van der Waals surface area contributed by atoms with Crippen molar-refractivity contribution in [3.63, 3.8) is 0 Å². The minimum absolute atomic E-state index is 0.180. The molecule has 1 aromatic rings. The molecule has 7 nitrogen and oxygen atoms in total. The molecule has 0 N–H and O–H groups in total. The summed E-state index contributed by atoms with van der Waals surface area (Å²) in [5.74, 6) is 1.27. The van der Waals surface area contributed by atoms with Gasteiger partial charge in [-0.1, -0.05) is 0 Å². The Labute approximate surface area is 224 Å². The number of carbonyl (C=O) groups is 1. The summed E-state index contributed by atoms with van der Waals surface area (Å²) in [5, 5.41) is 0. The molecule has 2 heterocycles. The molecule has 1 aromatic carbocycles. The van der Waals surface area contributed by atoms with E-state index >= 15 is 0 Å². The van der Waals surface area contributed by atoms with E-state index in [0.29, 0.717) is 45.6 Å². The fraction of sp³-hybridized carbons (Fsp3) is 0.759. The number of rotatable bonds is 9. The Morgan fingerprint density at radius 1 is 1.05 bits per heavy atom. The van der Waals surface area contributed by atoms with Crippen molar-refractivity contribution >= 4 is 15.8 Å². The molecule has 0 amide bonds. The number of sulfonamides is 1. The van der Waals surface area contributed by atoms with Crippen LogP contribution in [0.1, 0.15) is 68.9 Å². The van der Waals surface area contributed by atoms with E-state index in [-0.39, 0.29) is 18.7 Å². The summed E-state index contributed by atoms with van der Waals surface area (Å²) in [7, 11) is 1.73. The zero-order valence-electron chi connectivity index (χ0n) is 23.6. The molecule has 8 heteroatoms. The number of piperidine rings is 1. The first kappa shape index (κ1) is 28.5. The molecule has 0 aromatic heterocycles. The Kier molecular flexibility index (Phi) is 9.04. The molecule has 1 spiro atoms. The molecule has 4 rings (SSSR count). The van der Waals surface area contributed by atoms with Crippen LogP contribution in [-0.4, -0.2) is 88.3 Å². The van der Waals surface area contributed by atoms with E-state index in [2.05, 4.69) is 16.8 Å². The standard InChI is InChI=1S/C29H47N3O4S/c1-22-18-27(36-5)19-23(2)28(22)37(34,35)31(4)14-10-26(33)20-24-6-8-25(9-7-24)32-16-12-29(13-17-32)11-15-30(3)21-29/h18-19,24-25H,6-17,20-21H2,1-5H3. The quantitative estimate of drug-likeness (QED) is 0.473. The van der Waals surface area contributed by atoms with Gasteiger partial charge in [-0.25, -0.2) is 12.7 Å². The van der Waals surface area contributed by atoms with Gasteiger partial charge in [-0.2, -0.15) is 0 Å². The monoisotopic (exact) mass is 533 g/mol. The van der Waals surface area contributed by atoms with Crippen LogP contribution in [0.25, 0.3) is 0 Å². The fourth-order valence-corrected chi connectivity index (χ4v) is 8.64. The smallest absolute Gasteiger partial charge is 0.243 e. The maximum atomic E-state index is 13.2. The van der Waals surface area contributed by atoms with Crippen molar-refractivity contribution in [2.24, 2.45) is 11.3 Å². The summed E-state index contributed by atoms with van der Waals surface area (Å²) in [6.07, 6.45) is 9.48. The number of hydrogen-bond acceptors (Lipinski definition) is 6. The van der Waals surface area contributed by atoms with Gasteiger partial charge < -0.3 is 14.5 Å². The van der Waals surface area contributed by atoms with Crippen molar-refractivity contribution in [3.05, 3.63) is 23.3 Å². The predicted octanol–water partition coefficient (Wildman–Crippen LogP) is 4.26.